The normalized spacial score (nSPS) is 11.6. The van der Waals surface area contributed by atoms with Crippen LogP contribution in [0.1, 0.15) is 55.3 Å². The van der Waals surface area contributed by atoms with Crippen LogP contribution in [0.15, 0.2) is 47.4 Å². The van der Waals surface area contributed by atoms with Crippen LogP contribution in [0.3, 0.4) is 0 Å². The Bertz CT molecular complexity index is 1030. The SMILES string of the molecule is CC(=O)c1ccc(S(=O)(=O)Nc2cc(C(=O)O)ccc2N(CC(C)C)CC(C)C)cc1. The number of hydrogen-bond donors (Lipinski definition) is 2. The monoisotopic (exact) mass is 446 g/mol. The molecule has 0 unspecified atom stereocenters. The predicted molar refractivity (Wildman–Crippen MR) is 123 cm³/mol. The predicted octanol–water partition coefficient (Wildman–Crippen LogP) is 4.51. The molecule has 2 aromatic carbocycles. The smallest absolute Gasteiger partial charge is 0.335 e. The molecule has 0 spiro atoms. The summed E-state index contributed by atoms with van der Waals surface area (Å²) in [6.45, 7) is 11.1. The number of aromatic carboxylic acids is 1. The largest absolute Gasteiger partial charge is 0.478 e. The molecular formula is C23H30N2O5S. The highest BCUT2D eigenvalue weighted by Gasteiger charge is 2.21. The lowest BCUT2D eigenvalue weighted by Crippen LogP contribution is -2.32. The van der Waals surface area contributed by atoms with Crippen molar-refractivity contribution in [3.05, 3.63) is 53.6 Å². The topological polar surface area (TPSA) is 104 Å². The zero-order valence-electron chi connectivity index (χ0n) is 18.5. The summed E-state index contributed by atoms with van der Waals surface area (Å²) in [5.74, 6) is -0.661. The van der Waals surface area contributed by atoms with Crippen LogP contribution in [0.2, 0.25) is 0 Å². The molecule has 0 bridgehead atoms. The van der Waals surface area contributed by atoms with Crippen molar-refractivity contribution in [3.8, 4) is 0 Å². The van der Waals surface area contributed by atoms with Crippen molar-refractivity contribution in [2.75, 3.05) is 22.7 Å². The molecule has 0 saturated carbocycles. The number of nitrogens with zero attached hydrogens (tertiary/aromatic N) is 1. The van der Waals surface area contributed by atoms with Crippen LogP contribution < -0.4 is 9.62 Å². The highest BCUT2D eigenvalue weighted by Crippen LogP contribution is 2.31. The zero-order valence-corrected chi connectivity index (χ0v) is 19.4. The van der Waals surface area contributed by atoms with Gasteiger partial charge in [-0.1, -0.05) is 39.8 Å². The minimum Gasteiger partial charge on any atom is -0.478 e. The number of benzene rings is 2. The van der Waals surface area contributed by atoms with Gasteiger partial charge in [0.05, 0.1) is 21.8 Å². The van der Waals surface area contributed by atoms with Crippen molar-refractivity contribution in [2.45, 2.75) is 39.5 Å². The number of carboxylic acids is 1. The summed E-state index contributed by atoms with van der Waals surface area (Å²) in [4.78, 5) is 25.0. The quantitative estimate of drug-likeness (QED) is 0.521. The molecule has 2 aromatic rings. The van der Waals surface area contributed by atoms with Gasteiger partial charge in [-0.05, 0) is 49.1 Å². The molecule has 8 heteroatoms. The average molecular weight is 447 g/mol. The molecule has 2 N–H and O–H groups in total. The Labute approximate surface area is 184 Å². The summed E-state index contributed by atoms with van der Waals surface area (Å²) >= 11 is 0. The van der Waals surface area contributed by atoms with E-state index in [0.29, 0.717) is 36.2 Å². The van der Waals surface area contributed by atoms with Gasteiger partial charge in [-0.15, -0.1) is 0 Å². The van der Waals surface area contributed by atoms with E-state index in [1.165, 1.54) is 43.3 Å². The first-order chi connectivity index (χ1) is 14.4. The van der Waals surface area contributed by atoms with Gasteiger partial charge in [-0.25, -0.2) is 13.2 Å². The molecule has 2 rings (SSSR count). The van der Waals surface area contributed by atoms with E-state index in [9.17, 15) is 23.1 Å². The fraction of sp³-hybridized carbons (Fsp3) is 0.391. The van der Waals surface area contributed by atoms with Gasteiger partial charge in [0.2, 0.25) is 0 Å². The number of rotatable bonds is 10. The van der Waals surface area contributed by atoms with Crippen LogP contribution in [0.5, 0.6) is 0 Å². The van der Waals surface area contributed by atoms with Crippen molar-refractivity contribution in [1.82, 2.24) is 0 Å². The van der Waals surface area contributed by atoms with Crippen molar-refractivity contribution < 1.29 is 23.1 Å². The first-order valence-electron chi connectivity index (χ1n) is 10.2. The number of carbonyl (C=O) groups excluding carboxylic acids is 1. The molecule has 7 nitrogen and oxygen atoms in total. The van der Waals surface area contributed by atoms with E-state index >= 15 is 0 Å². The molecule has 0 atom stereocenters. The Hall–Kier alpha value is -2.87. The van der Waals surface area contributed by atoms with E-state index in [0.717, 1.165) is 0 Å². The number of ketones is 1. The van der Waals surface area contributed by atoms with Gasteiger partial charge in [0.15, 0.2) is 5.78 Å². The molecule has 0 radical (unpaired) electrons. The van der Waals surface area contributed by atoms with Gasteiger partial charge in [-0.3, -0.25) is 9.52 Å². The van der Waals surface area contributed by atoms with Gasteiger partial charge in [0, 0.05) is 18.7 Å². The molecule has 0 aromatic heterocycles. The Balaban J connectivity index is 2.52. The van der Waals surface area contributed by atoms with Crippen LogP contribution in [-0.4, -0.2) is 38.4 Å². The van der Waals surface area contributed by atoms with Gasteiger partial charge < -0.3 is 10.0 Å². The van der Waals surface area contributed by atoms with Crippen molar-refractivity contribution in [3.63, 3.8) is 0 Å². The van der Waals surface area contributed by atoms with E-state index in [4.69, 9.17) is 0 Å². The average Bonchev–Trinajstić information content (AvgIpc) is 2.66. The Kier molecular flexibility index (Phi) is 7.84. The molecule has 0 amide bonds. The standard InChI is InChI=1S/C23H30N2O5S/c1-15(2)13-25(14-16(3)4)22-11-8-19(23(27)28)12-21(22)24-31(29,30)20-9-6-18(7-10-20)17(5)26/h6-12,15-16,24H,13-14H2,1-5H3,(H,27,28). The first kappa shape index (κ1) is 24.4. The number of carboxylic acid groups (broad SMARTS) is 1. The minimum atomic E-state index is -3.99. The zero-order chi connectivity index (χ0) is 23.3. The maximum atomic E-state index is 13.0. The Morgan fingerprint density at radius 1 is 0.935 bits per heavy atom. The number of hydrogen-bond acceptors (Lipinski definition) is 5. The molecule has 0 aliphatic rings. The lowest BCUT2D eigenvalue weighted by atomic mass is 10.1. The Morgan fingerprint density at radius 3 is 1.90 bits per heavy atom. The summed E-state index contributed by atoms with van der Waals surface area (Å²) < 4.78 is 28.6. The van der Waals surface area contributed by atoms with Crippen molar-refractivity contribution in [2.24, 2.45) is 11.8 Å². The van der Waals surface area contributed by atoms with Gasteiger partial charge in [0.25, 0.3) is 10.0 Å². The van der Waals surface area contributed by atoms with E-state index in [2.05, 4.69) is 37.3 Å². The third-order valence-electron chi connectivity index (χ3n) is 4.57. The van der Waals surface area contributed by atoms with Gasteiger partial charge in [-0.2, -0.15) is 0 Å². The van der Waals surface area contributed by atoms with E-state index in [-0.39, 0.29) is 21.9 Å². The maximum Gasteiger partial charge on any atom is 0.335 e. The molecule has 0 aliphatic heterocycles. The second-order valence-electron chi connectivity index (χ2n) is 8.42. The lowest BCUT2D eigenvalue weighted by Gasteiger charge is -2.30. The van der Waals surface area contributed by atoms with Crippen LogP contribution in [0.4, 0.5) is 11.4 Å². The van der Waals surface area contributed by atoms with E-state index in [1.807, 2.05) is 0 Å². The number of carbonyl (C=O) groups is 2. The summed E-state index contributed by atoms with van der Waals surface area (Å²) in [5, 5.41) is 9.40. The van der Waals surface area contributed by atoms with E-state index in [1.54, 1.807) is 6.07 Å². The number of nitrogens with one attached hydrogen (secondary N) is 1. The summed E-state index contributed by atoms with van der Waals surface area (Å²) in [6, 6.07) is 10.1. The summed E-state index contributed by atoms with van der Waals surface area (Å²) in [5.41, 5.74) is 1.23. The van der Waals surface area contributed by atoms with Crippen LogP contribution in [0, 0.1) is 11.8 Å². The molecule has 0 saturated heterocycles. The second-order valence-corrected chi connectivity index (χ2v) is 10.1. The highest BCUT2D eigenvalue weighted by atomic mass is 32.2. The molecule has 0 aliphatic carbocycles. The molecule has 168 valence electrons. The third-order valence-corrected chi connectivity index (χ3v) is 5.95. The molecule has 0 heterocycles. The van der Waals surface area contributed by atoms with Gasteiger partial charge >= 0.3 is 5.97 Å². The summed E-state index contributed by atoms with van der Waals surface area (Å²) in [7, 11) is -3.99. The van der Waals surface area contributed by atoms with Crippen molar-refractivity contribution in [1.29, 1.82) is 0 Å². The first-order valence-corrected chi connectivity index (χ1v) is 11.6. The van der Waals surface area contributed by atoms with E-state index < -0.39 is 16.0 Å². The van der Waals surface area contributed by atoms with Gasteiger partial charge in [0.1, 0.15) is 0 Å². The van der Waals surface area contributed by atoms with Crippen LogP contribution in [-0.2, 0) is 10.0 Å². The fourth-order valence-electron chi connectivity index (χ4n) is 3.25. The molecule has 0 fully saturated rings. The number of Topliss-reactive ketones (excluding diaryl/α,β-unsaturated/α-hetero) is 1. The minimum absolute atomic E-state index is 0.0107. The maximum absolute atomic E-state index is 13.0. The third kappa shape index (κ3) is 6.55. The number of sulfonamides is 1. The van der Waals surface area contributed by atoms with Crippen LogP contribution >= 0.6 is 0 Å². The lowest BCUT2D eigenvalue weighted by molar-refractivity contribution is 0.0696. The molecule has 31 heavy (non-hydrogen) atoms. The number of anilines is 2. The van der Waals surface area contributed by atoms with Crippen molar-refractivity contribution >= 4 is 33.2 Å². The summed E-state index contributed by atoms with van der Waals surface area (Å²) in [6.07, 6.45) is 0. The Morgan fingerprint density at radius 2 is 1.45 bits per heavy atom. The molecular weight excluding hydrogens is 416 g/mol. The van der Waals surface area contributed by atoms with Crippen LogP contribution in [0.25, 0.3) is 0 Å². The fourth-order valence-corrected chi connectivity index (χ4v) is 4.32. The highest BCUT2D eigenvalue weighted by molar-refractivity contribution is 7.92. The second kappa shape index (κ2) is 9.96.